The van der Waals surface area contributed by atoms with Gasteiger partial charge in [-0.05, 0) is 62.2 Å². The number of pyridine rings is 1. The average molecular weight is 401 g/mol. The van der Waals surface area contributed by atoms with Crippen molar-refractivity contribution in [3.8, 4) is 5.75 Å². The highest BCUT2D eigenvalue weighted by molar-refractivity contribution is 9.10. The molecule has 1 heterocycles. The second-order valence-electron chi connectivity index (χ2n) is 4.06. The van der Waals surface area contributed by atoms with Crippen molar-refractivity contribution in [3.05, 3.63) is 61.4 Å². The summed E-state index contributed by atoms with van der Waals surface area (Å²) in [6.45, 7) is -0.00293. The molecule has 0 aliphatic heterocycles. The summed E-state index contributed by atoms with van der Waals surface area (Å²) >= 11 is 6.49. The van der Waals surface area contributed by atoms with Crippen LogP contribution >= 0.6 is 31.9 Å². The van der Waals surface area contributed by atoms with Crippen LogP contribution < -0.4 is 10.3 Å². The predicted molar refractivity (Wildman–Crippen MR) is 83.4 cm³/mol. The molecule has 2 aromatic rings. The van der Waals surface area contributed by atoms with Gasteiger partial charge in [-0.1, -0.05) is 0 Å². The molecule has 0 radical (unpaired) electrons. The Hall–Kier alpha value is -1.40. The van der Waals surface area contributed by atoms with E-state index in [0.717, 1.165) is 0 Å². The van der Waals surface area contributed by atoms with E-state index >= 15 is 0 Å². The lowest BCUT2D eigenvalue weighted by Crippen LogP contribution is -2.24. The fraction of sp³-hybridized carbons (Fsp3) is 0.143. The lowest BCUT2D eigenvalue weighted by atomic mass is 10.1. The Morgan fingerprint density at radius 2 is 2.00 bits per heavy atom. The minimum absolute atomic E-state index is 0.00293. The molecule has 104 valence electrons. The molecule has 0 spiro atoms. The topological polar surface area (TPSA) is 48.3 Å². The van der Waals surface area contributed by atoms with Gasteiger partial charge < -0.3 is 9.30 Å². The zero-order valence-corrected chi connectivity index (χ0v) is 13.8. The third-order valence-electron chi connectivity index (χ3n) is 2.76. The number of carbonyl (C=O) groups is 1. The molecule has 0 unspecified atom stereocenters. The highest BCUT2D eigenvalue weighted by atomic mass is 79.9. The molecule has 2 rings (SSSR count). The molecule has 0 bridgehead atoms. The van der Waals surface area contributed by atoms with E-state index in [9.17, 15) is 9.59 Å². The summed E-state index contributed by atoms with van der Waals surface area (Å²) in [4.78, 5) is 24.0. The van der Waals surface area contributed by atoms with E-state index in [-0.39, 0.29) is 17.9 Å². The van der Waals surface area contributed by atoms with Crippen LogP contribution in [0.3, 0.4) is 0 Å². The minimum Gasteiger partial charge on any atom is -0.496 e. The van der Waals surface area contributed by atoms with Crippen LogP contribution in [0.4, 0.5) is 0 Å². The van der Waals surface area contributed by atoms with Gasteiger partial charge in [0.2, 0.25) is 0 Å². The fourth-order valence-corrected chi connectivity index (χ4v) is 2.64. The molecule has 0 fully saturated rings. The number of rotatable bonds is 4. The number of halogens is 2. The van der Waals surface area contributed by atoms with Crippen molar-refractivity contribution in [1.29, 1.82) is 0 Å². The van der Waals surface area contributed by atoms with Gasteiger partial charge in [0.05, 0.1) is 22.6 Å². The number of carbonyl (C=O) groups excluding carboxylic acids is 1. The number of aromatic nitrogens is 1. The summed E-state index contributed by atoms with van der Waals surface area (Å²) in [5.74, 6) is 0.509. The first-order valence-electron chi connectivity index (χ1n) is 5.74. The molecule has 0 saturated heterocycles. The molecule has 1 aromatic carbocycles. The first-order valence-corrected chi connectivity index (χ1v) is 7.33. The SMILES string of the molecule is COc1ccc(C(=O)Cn2cccc(Br)c2=O)cc1Br. The average Bonchev–Trinajstić information content (AvgIpc) is 2.43. The second kappa shape index (κ2) is 6.37. The smallest absolute Gasteiger partial charge is 0.265 e. The number of ether oxygens (including phenoxy) is 1. The van der Waals surface area contributed by atoms with Crippen molar-refractivity contribution in [2.75, 3.05) is 7.11 Å². The number of ketones is 1. The van der Waals surface area contributed by atoms with E-state index in [4.69, 9.17) is 4.74 Å². The molecule has 1 aromatic heterocycles. The van der Waals surface area contributed by atoms with Gasteiger partial charge in [0.15, 0.2) is 5.78 Å². The number of Topliss-reactive ketones (excluding diaryl/α,β-unsaturated/α-hetero) is 1. The molecule has 0 atom stereocenters. The summed E-state index contributed by atoms with van der Waals surface area (Å²) in [6, 6.07) is 8.43. The van der Waals surface area contributed by atoms with E-state index in [1.54, 1.807) is 43.6 Å². The second-order valence-corrected chi connectivity index (χ2v) is 5.77. The van der Waals surface area contributed by atoms with E-state index < -0.39 is 0 Å². The monoisotopic (exact) mass is 399 g/mol. The van der Waals surface area contributed by atoms with E-state index in [1.807, 2.05) is 0 Å². The fourth-order valence-electron chi connectivity index (χ4n) is 1.72. The highest BCUT2D eigenvalue weighted by Gasteiger charge is 2.11. The van der Waals surface area contributed by atoms with Gasteiger partial charge in [-0.2, -0.15) is 0 Å². The number of methoxy groups -OCH3 is 1. The lowest BCUT2D eigenvalue weighted by Gasteiger charge is -2.07. The maximum absolute atomic E-state index is 12.2. The first kappa shape index (κ1) is 15.0. The standard InChI is InChI=1S/C14H11Br2NO3/c1-20-13-5-4-9(7-11(13)16)12(18)8-17-6-2-3-10(15)14(17)19/h2-7H,8H2,1H3. The normalized spacial score (nSPS) is 10.3. The van der Waals surface area contributed by atoms with Gasteiger partial charge in [0, 0.05) is 11.8 Å². The molecular weight excluding hydrogens is 390 g/mol. The van der Waals surface area contributed by atoms with E-state index in [0.29, 0.717) is 20.3 Å². The van der Waals surface area contributed by atoms with Gasteiger partial charge in [-0.15, -0.1) is 0 Å². The van der Waals surface area contributed by atoms with Crippen molar-refractivity contribution in [2.24, 2.45) is 0 Å². The molecule has 4 nitrogen and oxygen atoms in total. The van der Waals surface area contributed by atoms with Crippen molar-refractivity contribution in [3.63, 3.8) is 0 Å². The maximum atomic E-state index is 12.2. The third-order valence-corrected chi connectivity index (χ3v) is 3.98. The summed E-state index contributed by atoms with van der Waals surface area (Å²) in [6.07, 6.45) is 1.59. The third kappa shape index (κ3) is 3.19. The lowest BCUT2D eigenvalue weighted by molar-refractivity contribution is 0.0970. The van der Waals surface area contributed by atoms with Crippen LogP contribution in [0.5, 0.6) is 5.75 Å². The van der Waals surface area contributed by atoms with Crippen LogP contribution in [-0.4, -0.2) is 17.5 Å². The van der Waals surface area contributed by atoms with Crippen LogP contribution in [-0.2, 0) is 6.54 Å². The molecule has 0 aliphatic rings. The molecule has 0 amide bonds. The van der Waals surface area contributed by atoms with Gasteiger partial charge in [0.25, 0.3) is 5.56 Å². The van der Waals surface area contributed by atoms with Crippen LogP contribution in [0.2, 0.25) is 0 Å². The van der Waals surface area contributed by atoms with Gasteiger partial charge >= 0.3 is 0 Å². The zero-order chi connectivity index (χ0) is 14.7. The van der Waals surface area contributed by atoms with Crippen molar-refractivity contribution in [2.45, 2.75) is 6.54 Å². The number of hydrogen-bond acceptors (Lipinski definition) is 3. The van der Waals surface area contributed by atoms with Crippen LogP contribution in [0.25, 0.3) is 0 Å². The summed E-state index contributed by atoms with van der Waals surface area (Å²) in [5.41, 5.74) is 0.290. The molecular formula is C14H11Br2NO3. The first-order chi connectivity index (χ1) is 9.52. The summed E-state index contributed by atoms with van der Waals surface area (Å²) < 4.78 is 7.61. The van der Waals surface area contributed by atoms with Crippen LogP contribution in [0.1, 0.15) is 10.4 Å². The van der Waals surface area contributed by atoms with Gasteiger partial charge in [-0.25, -0.2) is 0 Å². The number of hydrogen-bond donors (Lipinski definition) is 0. The highest BCUT2D eigenvalue weighted by Crippen LogP contribution is 2.25. The van der Waals surface area contributed by atoms with Crippen molar-refractivity contribution < 1.29 is 9.53 Å². The van der Waals surface area contributed by atoms with Crippen molar-refractivity contribution in [1.82, 2.24) is 4.57 Å². The Morgan fingerprint density at radius 1 is 1.25 bits per heavy atom. The molecule has 20 heavy (non-hydrogen) atoms. The zero-order valence-electron chi connectivity index (χ0n) is 10.6. The predicted octanol–water partition coefficient (Wildman–Crippen LogP) is 3.26. The maximum Gasteiger partial charge on any atom is 0.265 e. The van der Waals surface area contributed by atoms with Crippen molar-refractivity contribution >= 4 is 37.6 Å². The number of nitrogens with zero attached hydrogens (tertiary/aromatic N) is 1. The molecule has 0 N–H and O–H groups in total. The van der Waals surface area contributed by atoms with Crippen LogP contribution in [0.15, 0.2) is 50.3 Å². The Morgan fingerprint density at radius 3 is 2.65 bits per heavy atom. The Labute approximate surface area is 132 Å². The Balaban J connectivity index is 2.26. The summed E-state index contributed by atoms with van der Waals surface area (Å²) in [7, 11) is 1.56. The van der Waals surface area contributed by atoms with E-state index in [2.05, 4.69) is 31.9 Å². The number of benzene rings is 1. The van der Waals surface area contributed by atoms with Gasteiger partial charge in [0.1, 0.15) is 5.75 Å². The molecule has 0 aliphatic carbocycles. The summed E-state index contributed by atoms with van der Waals surface area (Å²) in [5, 5.41) is 0. The largest absolute Gasteiger partial charge is 0.496 e. The Kier molecular flexibility index (Phi) is 4.77. The quantitative estimate of drug-likeness (QED) is 0.740. The minimum atomic E-state index is -0.228. The molecule has 6 heteroatoms. The van der Waals surface area contributed by atoms with Crippen LogP contribution in [0, 0.1) is 0 Å². The van der Waals surface area contributed by atoms with E-state index in [1.165, 1.54) is 4.57 Å². The van der Waals surface area contributed by atoms with Gasteiger partial charge in [-0.3, -0.25) is 9.59 Å². The Bertz CT molecular complexity index is 710. The molecule has 0 saturated carbocycles.